The van der Waals surface area contributed by atoms with Crippen LogP contribution in [0.5, 0.6) is 0 Å². The number of hydrogen-bond donors (Lipinski definition) is 2. The standard InChI is InChI=1S/C6H12O4/c1-9-6-5(8)4(2-7)3-10-6/h4-8H,2-3H2,1H3. The second-order valence-corrected chi connectivity index (χ2v) is 2.37. The van der Waals surface area contributed by atoms with Crippen molar-refractivity contribution in [2.24, 2.45) is 5.92 Å². The molecule has 1 aliphatic rings. The molecule has 1 fully saturated rings. The molecule has 1 aliphatic heterocycles. The monoisotopic (exact) mass is 148 g/mol. The summed E-state index contributed by atoms with van der Waals surface area (Å²) in [4.78, 5) is 0. The molecular weight excluding hydrogens is 136 g/mol. The lowest BCUT2D eigenvalue weighted by Crippen LogP contribution is -2.29. The fourth-order valence-electron chi connectivity index (χ4n) is 1.01. The van der Waals surface area contributed by atoms with Crippen molar-refractivity contribution in [3.8, 4) is 0 Å². The van der Waals surface area contributed by atoms with Gasteiger partial charge >= 0.3 is 0 Å². The van der Waals surface area contributed by atoms with Crippen molar-refractivity contribution in [2.75, 3.05) is 20.3 Å². The van der Waals surface area contributed by atoms with Gasteiger partial charge in [0.25, 0.3) is 0 Å². The lowest BCUT2D eigenvalue weighted by Gasteiger charge is -2.13. The zero-order chi connectivity index (χ0) is 7.56. The molecule has 1 rings (SSSR count). The Morgan fingerprint density at radius 1 is 1.70 bits per heavy atom. The molecule has 3 unspecified atom stereocenters. The summed E-state index contributed by atoms with van der Waals surface area (Å²) in [5.74, 6) is -0.190. The van der Waals surface area contributed by atoms with Gasteiger partial charge in [-0.05, 0) is 0 Å². The first-order valence-corrected chi connectivity index (χ1v) is 3.23. The smallest absolute Gasteiger partial charge is 0.183 e. The van der Waals surface area contributed by atoms with Gasteiger partial charge < -0.3 is 19.7 Å². The van der Waals surface area contributed by atoms with Crippen LogP contribution >= 0.6 is 0 Å². The van der Waals surface area contributed by atoms with Gasteiger partial charge in [0.05, 0.1) is 13.2 Å². The Balaban J connectivity index is 2.41. The summed E-state index contributed by atoms with van der Waals surface area (Å²) in [6, 6.07) is 0. The lowest BCUT2D eigenvalue weighted by molar-refractivity contribution is -0.133. The first kappa shape index (κ1) is 7.94. The molecule has 4 heteroatoms. The molecule has 0 saturated carbocycles. The third kappa shape index (κ3) is 1.29. The van der Waals surface area contributed by atoms with Gasteiger partial charge in [-0.15, -0.1) is 0 Å². The van der Waals surface area contributed by atoms with Crippen molar-refractivity contribution in [1.29, 1.82) is 0 Å². The van der Waals surface area contributed by atoms with E-state index in [9.17, 15) is 5.11 Å². The molecule has 0 bridgehead atoms. The third-order valence-electron chi connectivity index (χ3n) is 1.70. The highest BCUT2D eigenvalue weighted by Crippen LogP contribution is 2.19. The molecule has 0 aliphatic carbocycles. The van der Waals surface area contributed by atoms with E-state index < -0.39 is 12.4 Å². The number of aliphatic hydroxyl groups is 2. The van der Waals surface area contributed by atoms with E-state index in [1.54, 1.807) is 0 Å². The molecule has 0 aromatic rings. The van der Waals surface area contributed by atoms with Crippen LogP contribution in [0.2, 0.25) is 0 Å². The van der Waals surface area contributed by atoms with Gasteiger partial charge in [-0.3, -0.25) is 0 Å². The van der Waals surface area contributed by atoms with Crippen LogP contribution in [0, 0.1) is 5.92 Å². The predicted octanol–water partition coefficient (Wildman–Crippen LogP) is -1.04. The minimum Gasteiger partial charge on any atom is -0.396 e. The zero-order valence-electron chi connectivity index (χ0n) is 5.86. The van der Waals surface area contributed by atoms with E-state index in [0.29, 0.717) is 6.61 Å². The van der Waals surface area contributed by atoms with Gasteiger partial charge in [-0.1, -0.05) is 0 Å². The molecule has 1 heterocycles. The van der Waals surface area contributed by atoms with Gasteiger partial charge in [-0.2, -0.15) is 0 Å². The van der Waals surface area contributed by atoms with E-state index in [0.717, 1.165) is 0 Å². The Labute approximate surface area is 59.4 Å². The van der Waals surface area contributed by atoms with Gasteiger partial charge in [0.15, 0.2) is 6.29 Å². The van der Waals surface area contributed by atoms with Crippen molar-refractivity contribution in [1.82, 2.24) is 0 Å². The molecule has 1 saturated heterocycles. The molecule has 10 heavy (non-hydrogen) atoms. The van der Waals surface area contributed by atoms with E-state index in [2.05, 4.69) is 0 Å². The maximum absolute atomic E-state index is 9.24. The maximum atomic E-state index is 9.24. The average molecular weight is 148 g/mol. The Kier molecular flexibility index (Phi) is 2.62. The summed E-state index contributed by atoms with van der Waals surface area (Å²) in [5.41, 5.74) is 0. The van der Waals surface area contributed by atoms with Crippen molar-refractivity contribution in [2.45, 2.75) is 12.4 Å². The first-order chi connectivity index (χ1) is 4.79. The Bertz CT molecular complexity index is 93.9. The quantitative estimate of drug-likeness (QED) is 0.525. The van der Waals surface area contributed by atoms with Crippen molar-refractivity contribution < 1.29 is 19.7 Å². The summed E-state index contributed by atoms with van der Waals surface area (Å²) < 4.78 is 9.76. The van der Waals surface area contributed by atoms with E-state index in [4.69, 9.17) is 14.6 Å². The van der Waals surface area contributed by atoms with Gasteiger partial charge in [0.2, 0.25) is 0 Å². The van der Waals surface area contributed by atoms with E-state index in [1.807, 2.05) is 0 Å². The van der Waals surface area contributed by atoms with Crippen molar-refractivity contribution in [3.63, 3.8) is 0 Å². The SMILES string of the molecule is COC1OCC(CO)C1O. The summed E-state index contributed by atoms with van der Waals surface area (Å²) in [6.07, 6.45) is -1.24. The van der Waals surface area contributed by atoms with Gasteiger partial charge in [-0.25, -0.2) is 0 Å². The van der Waals surface area contributed by atoms with E-state index in [-0.39, 0.29) is 12.5 Å². The van der Waals surface area contributed by atoms with Crippen LogP contribution in [-0.4, -0.2) is 42.9 Å². The zero-order valence-corrected chi connectivity index (χ0v) is 5.86. The van der Waals surface area contributed by atoms with Crippen molar-refractivity contribution >= 4 is 0 Å². The number of ether oxygens (including phenoxy) is 2. The predicted molar refractivity (Wildman–Crippen MR) is 33.3 cm³/mol. The number of methoxy groups -OCH3 is 1. The minimum absolute atomic E-state index is 0.0545. The van der Waals surface area contributed by atoms with Crippen LogP contribution in [0.3, 0.4) is 0 Å². The van der Waals surface area contributed by atoms with Crippen LogP contribution in [-0.2, 0) is 9.47 Å². The fraction of sp³-hybridized carbons (Fsp3) is 1.00. The highest BCUT2D eigenvalue weighted by atomic mass is 16.7. The topological polar surface area (TPSA) is 58.9 Å². The summed E-state index contributed by atoms with van der Waals surface area (Å²) in [6.45, 7) is 0.317. The largest absolute Gasteiger partial charge is 0.396 e. The molecule has 4 nitrogen and oxygen atoms in total. The Morgan fingerprint density at radius 2 is 2.40 bits per heavy atom. The number of aliphatic hydroxyl groups excluding tert-OH is 2. The Morgan fingerprint density at radius 3 is 2.70 bits per heavy atom. The third-order valence-corrected chi connectivity index (χ3v) is 1.70. The van der Waals surface area contributed by atoms with Crippen LogP contribution in [0.1, 0.15) is 0 Å². The molecule has 3 atom stereocenters. The fourth-order valence-corrected chi connectivity index (χ4v) is 1.01. The number of rotatable bonds is 2. The van der Waals surface area contributed by atoms with Crippen LogP contribution < -0.4 is 0 Å². The van der Waals surface area contributed by atoms with E-state index in [1.165, 1.54) is 7.11 Å². The van der Waals surface area contributed by atoms with E-state index >= 15 is 0 Å². The highest BCUT2D eigenvalue weighted by molar-refractivity contribution is 4.77. The highest BCUT2D eigenvalue weighted by Gasteiger charge is 2.35. The Hall–Kier alpha value is -0.160. The summed E-state index contributed by atoms with van der Waals surface area (Å²) in [5, 5.41) is 17.9. The lowest BCUT2D eigenvalue weighted by atomic mass is 10.1. The van der Waals surface area contributed by atoms with Gasteiger partial charge in [0.1, 0.15) is 6.10 Å². The summed E-state index contributed by atoms with van der Waals surface area (Å²) >= 11 is 0. The summed E-state index contributed by atoms with van der Waals surface area (Å²) in [7, 11) is 1.47. The van der Waals surface area contributed by atoms with Gasteiger partial charge in [0, 0.05) is 13.0 Å². The molecule has 60 valence electrons. The van der Waals surface area contributed by atoms with Crippen LogP contribution in [0.15, 0.2) is 0 Å². The molecule has 0 amide bonds. The molecule has 2 N–H and O–H groups in total. The second kappa shape index (κ2) is 3.30. The maximum Gasteiger partial charge on any atom is 0.183 e. The molecular formula is C6H12O4. The van der Waals surface area contributed by atoms with Crippen LogP contribution in [0.25, 0.3) is 0 Å². The second-order valence-electron chi connectivity index (χ2n) is 2.37. The molecule has 0 spiro atoms. The molecule has 0 aromatic carbocycles. The molecule has 0 aromatic heterocycles. The number of hydrogen-bond acceptors (Lipinski definition) is 4. The van der Waals surface area contributed by atoms with Crippen molar-refractivity contribution in [3.05, 3.63) is 0 Å². The normalized spacial score (nSPS) is 40.5. The average Bonchev–Trinajstić information content (AvgIpc) is 2.30. The first-order valence-electron chi connectivity index (χ1n) is 3.23. The molecule has 0 radical (unpaired) electrons. The minimum atomic E-state index is -0.685. The van der Waals surface area contributed by atoms with Crippen LogP contribution in [0.4, 0.5) is 0 Å².